The zero-order valence-electron chi connectivity index (χ0n) is 17.1. The molecule has 0 aliphatic rings. The van der Waals surface area contributed by atoms with Crippen LogP contribution in [0, 0.1) is 5.21 Å². The Kier molecular flexibility index (Phi) is 6.41. The van der Waals surface area contributed by atoms with Gasteiger partial charge in [-0.15, -0.1) is 0 Å². The number of carbonyl (C=O) groups is 2. The third-order valence-electron chi connectivity index (χ3n) is 5.09. The molecule has 1 aromatic carbocycles. The Morgan fingerprint density at radius 1 is 1.20 bits per heavy atom. The molecule has 0 N–H and O–H groups in total. The van der Waals surface area contributed by atoms with Crippen LogP contribution in [0.15, 0.2) is 61.1 Å². The SMILES string of the molecule is COc1cc(C(Cc2cc[n+]([O-])cc2)c2ccc(N(C)C(C)=O)nc2)ccc1C=O. The second-order valence-corrected chi connectivity index (χ2v) is 6.97. The quantitative estimate of drug-likeness (QED) is 0.343. The highest BCUT2D eigenvalue weighted by Crippen LogP contribution is 2.32. The number of rotatable bonds is 7. The number of pyridine rings is 2. The van der Waals surface area contributed by atoms with E-state index in [0.29, 0.717) is 23.6 Å². The number of nitrogens with zero attached hydrogens (tertiary/aromatic N) is 3. The third kappa shape index (κ3) is 4.63. The van der Waals surface area contributed by atoms with Crippen LogP contribution >= 0.6 is 0 Å². The molecule has 7 nitrogen and oxygen atoms in total. The van der Waals surface area contributed by atoms with Gasteiger partial charge < -0.3 is 14.8 Å². The Morgan fingerprint density at radius 2 is 1.90 bits per heavy atom. The lowest BCUT2D eigenvalue weighted by Gasteiger charge is -2.20. The van der Waals surface area contributed by atoms with E-state index in [1.807, 2.05) is 18.2 Å². The van der Waals surface area contributed by atoms with Crippen LogP contribution in [-0.2, 0) is 11.2 Å². The molecule has 2 aromatic heterocycles. The molecule has 1 atom stereocenters. The number of hydrogen-bond acceptors (Lipinski definition) is 5. The predicted octanol–water partition coefficient (Wildman–Crippen LogP) is 2.89. The van der Waals surface area contributed by atoms with Crippen molar-refractivity contribution in [2.75, 3.05) is 19.1 Å². The fraction of sp³-hybridized carbons (Fsp3) is 0.217. The summed E-state index contributed by atoms with van der Waals surface area (Å²) in [5, 5.41) is 11.4. The second kappa shape index (κ2) is 9.17. The van der Waals surface area contributed by atoms with Crippen molar-refractivity contribution < 1.29 is 19.1 Å². The van der Waals surface area contributed by atoms with E-state index in [1.165, 1.54) is 31.3 Å². The van der Waals surface area contributed by atoms with Crippen molar-refractivity contribution in [2.45, 2.75) is 19.3 Å². The van der Waals surface area contributed by atoms with Crippen LogP contribution in [0.1, 0.15) is 39.9 Å². The number of amides is 1. The fourth-order valence-electron chi connectivity index (χ4n) is 3.25. The molecule has 0 saturated carbocycles. The molecule has 1 unspecified atom stereocenters. The van der Waals surface area contributed by atoms with Gasteiger partial charge in [-0.3, -0.25) is 9.59 Å². The maximum absolute atomic E-state index is 11.6. The molecule has 0 spiro atoms. The molecule has 0 fully saturated rings. The molecule has 154 valence electrons. The van der Waals surface area contributed by atoms with Gasteiger partial charge in [-0.1, -0.05) is 12.1 Å². The van der Waals surface area contributed by atoms with Crippen molar-refractivity contribution in [3.05, 3.63) is 88.5 Å². The van der Waals surface area contributed by atoms with Crippen LogP contribution in [0.25, 0.3) is 0 Å². The van der Waals surface area contributed by atoms with E-state index < -0.39 is 0 Å². The van der Waals surface area contributed by atoms with Crippen molar-refractivity contribution in [2.24, 2.45) is 0 Å². The summed E-state index contributed by atoms with van der Waals surface area (Å²) in [6.45, 7) is 1.48. The summed E-state index contributed by atoms with van der Waals surface area (Å²) in [5.41, 5.74) is 3.35. The fourth-order valence-corrected chi connectivity index (χ4v) is 3.25. The molecular weight excluding hydrogens is 382 g/mol. The zero-order chi connectivity index (χ0) is 21.7. The minimum Gasteiger partial charge on any atom is -0.619 e. The lowest BCUT2D eigenvalue weighted by Crippen LogP contribution is -2.24. The van der Waals surface area contributed by atoms with Gasteiger partial charge in [0.05, 0.1) is 12.7 Å². The normalized spacial score (nSPS) is 11.6. The lowest BCUT2D eigenvalue weighted by molar-refractivity contribution is -0.605. The Hall–Kier alpha value is -3.74. The number of methoxy groups -OCH3 is 1. The first kappa shape index (κ1) is 21.0. The highest BCUT2D eigenvalue weighted by Gasteiger charge is 2.19. The van der Waals surface area contributed by atoms with Gasteiger partial charge in [0.15, 0.2) is 18.7 Å². The number of carbonyl (C=O) groups excluding carboxylic acids is 2. The average molecular weight is 405 g/mol. The molecule has 1 amide bonds. The monoisotopic (exact) mass is 405 g/mol. The van der Waals surface area contributed by atoms with E-state index in [9.17, 15) is 14.8 Å². The maximum Gasteiger partial charge on any atom is 0.224 e. The molecule has 0 aliphatic carbocycles. The van der Waals surface area contributed by atoms with Gasteiger partial charge in [-0.25, -0.2) is 4.98 Å². The highest BCUT2D eigenvalue weighted by atomic mass is 16.5. The van der Waals surface area contributed by atoms with Gasteiger partial charge in [0.1, 0.15) is 11.6 Å². The zero-order valence-corrected chi connectivity index (χ0v) is 17.1. The van der Waals surface area contributed by atoms with Crippen LogP contribution in [0.3, 0.4) is 0 Å². The number of aldehydes is 1. The van der Waals surface area contributed by atoms with E-state index in [1.54, 1.807) is 37.5 Å². The Balaban J connectivity index is 2.02. The molecule has 0 saturated heterocycles. The second-order valence-electron chi connectivity index (χ2n) is 6.97. The molecule has 0 aliphatic heterocycles. The minimum atomic E-state index is -0.101. The van der Waals surface area contributed by atoms with E-state index >= 15 is 0 Å². The summed E-state index contributed by atoms with van der Waals surface area (Å²) >= 11 is 0. The minimum absolute atomic E-state index is 0.0914. The van der Waals surface area contributed by atoms with Crippen molar-refractivity contribution in [1.29, 1.82) is 0 Å². The van der Waals surface area contributed by atoms with Gasteiger partial charge in [-0.2, -0.15) is 4.73 Å². The van der Waals surface area contributed by atoms with Crippen LogP contribution in [-0.4, -0.2) is 31.3 Å². The van der Waals surface area contributed by atoms with Crippen LogP contribution < -0.4 is 14.4 Å². The van der Waals surface area contributed by atoms with Gasteiger partial charge >= 0.3 is 0 Å². The third-order valence-corrected chi connectivity index (χ3v) is 5.09. The Labute approximate surface area is 175 Å². The number of benzene rings is 1. The van der Waals surface area contributed by atoms with Crippen LogP contribution in [0.4, 0.5) is 5.82 Å². The first-order valence-corrected chi connectivity index (χ1v) is 9.44. The summed E-state index contributed by atoms with van der Waals surface area (Å²) in [7, 11) is 3.20. The van der Waals surface area contributed by atoms with Gasteiger partial charge in [0.2, 0.25) is 5.91 Å². The number of ether oxygens (including phenoxy) is 1. The lowest BCUT2D eigenvalue weighted by atomic mass is 9.86. The smallest absolute Gasteiger partial charge is 0.224 e. The summed E-state index contributed by atoms with van der Waals surface area (Å²) in [6, 6.07) is 12.8. The number of hydrogen-bond donors (Lipinski definition) is 0. The molecule has 3 rings (SSSR count). The van der Waals surface area contributed by atoms with Gasteiger partial charge in [0, 0.05) is 38.2 Å². The number of aromatic nitrogens is 2. The molecular formula is C23H23N3O4. The van der Waals surface area contributed by atoms with E-state index in [0.717, 1.165) is 27.7 Å². The highest BCUT2D eigenvalue weighted by molar-refractivity contribution is 5.89. The van der Waals surface area contributed by atoms with Crippen molar-refractivity contribution in [3.63, 3.8) is 0 Å². The molecule has 30 heavy (non-hydrogen) atoms. The average Bonchev–Trinajstić information content (AvgIpc) is 2.77. The summed E-state index contributed by atoms with van der Waals surface area (Å²) in [4.78, 5) is 28.8. The van der Waals surface area contributed by atoms with Crippen molar-refractivity contribution in [1.82, 2.24) is 4.98 Å². The first-order chi connectivity index (χ1) is 14.4. The van der Waals surface area contributed by atoms with E-state index in [4.69, 9.17) is 4.74 Å². The first-order valence-electron chi connectivity index (χ1n) is 9.44. The molecule has 0 bridgehead atoms. The number of anilines is 1. The van der Waals surface area contributed by atoms with Crippen LogP contribution in [0.5, 0.6) is 5.75 Å². The van der Waals surface area contributed by atoms with Crippen molar-refractivity contribution >= 4 is 18.0 Å². The van der Waals surface area contributed by atoms with E-state index in [-0.39, 0.29) is 11.8 Å². The predicted molar refractivity (Wildman–Crippen MR) is 113 cm³/mol. The van der Waals surface area contributed by atoms with Gasteiger partial charge in [-0.05, 0) is 41.3 Å². The molecule has 3 aromatic rings. The molecule has 2 heterocycles. The molecule has 7 heteroatoms. The van der Waals surface area contributed by atoms with Crippen molar-refractivity contribution in [3.8, 4) is 5.75 Å². The Morgan fingerprint density at radius 3 is 2.47 bits per heavy atom. The standard InChI is InChI=1S/C23H23N3O4/c1-16(28)25(2)23-7-6-19(14-24-23)21(12-17-8-10-26(29)11-9-17)18-4-5-20(15-27)22(13-18)30-3/h4-11,13-15,21H,12H2,1-3H3. The summed E-state index contributed by atoms with van der Waals surface area (Å²) in [6.07, 6.45) is 6.05. The topological polar surface area (TPSA) is 86.4 Å². The summed E-state index contributed by atoms with van der Waals surface area (Å²) < 4.78 is 6.11. The molecule has 0 radical (unpaired) electrons. The summed E-state index contributed by atoms with van der Waals surface area (Å²) in [5.74, 6) is 0.868. The van der Waals surface area contributed by atoms with E-state index in [2.05, 4.69) is 4.98 Å². The largest absolute Gasteiger partial charge is 0.619 e. The van der Waals surface area contributed by atoms with Gasteiger partial charge in [0.25, 0.3) is 0 Å². The Bertz CT molecular complexity index is 1030. The van der Waals surface area contributed by atoms with Crippen LogP contribution in [0.2, 0.25) is 0 Å². The maximum atomic E-state index is 11.6.